The van der Waals surface area contributed by atoms with Crippen molar-refractivity contribution in [3.05, 3.63) is 0 Å². The molecule has 0 aliphatic carbocycles. The zero-order chi connectivity index (χ0) is 11.5. The number of aliphatic hydroxyl groups excluding tert-OH is 1. The maximum absolute atomic E-state index is 12.2. The van der Waals surface area contributed by atoms with Gasteiger partial charge in [0.25, 0.3) is 0 Å². The van der Waals surface area contributed by atoms with Gasteiger partial charge in [-0.15, -0.1) is 0 Å². The van der Waals surface area contributed by atoms with E-state index in [0.717, 1.165) is 19.4 Å². The molecule has 0 spiro atoms. The van der Waals surface area contributed by atoms with Crippen LogP contribution in [0.2, 0.25) is 0 Å². The molecule has 1 heterocycles. The number of nitrogens with two attached hydrogens (primary N) is 1. The average molecular weight is 214 g/mol. The van der Waals surface area contributed by atoms with E-state index in [4.69, 9.17) is 10.8 Å². The van der Waals surface area contributed by atoms with Gasteiger partial charge in [0.05, 0.1) is 18.2 Å². The lowest BCUT2D eigenvalue weighted by atomic mass is 9.92. The second kappa shape index (κ2) is 4.94. The Morgan fingerprint density at radius 3 is 2.60 bits per heavy atom. The highest BCUT2D eigenvalue weighted by Crippen LogP contribution is 2.23. The molecule has 4 heteroatoms. The molecule has 1 fully saturated rings. The van der Waals surface area contributed by atoms with Gasteiger partial charge in [0.15, 0.2) is 0 Å². The molecule has 1 rings (SSSR count). The monoisotopic (exact) mass is 214 g/mol. The van der Waals surface area contributed by atoms with Crippen molar-refractivity contribution in [2.24, 2.45) is 5.73 Å². The first-order chi connectivity index (χ1) is 7.09. The molecule has 1 atom stereocenters. The lowest BCUT2D eigenvalue weighted by Crippen LogP contribution is -2.56. The molecule has 1 aliphatic rings. The predicted octanol–water partition coefficient (Wildman–Crippen LogP) is 0.487. The van der Waals surface area contributed by atoms with Crippen molar-refractivity contribution in [1.82, 2.24) is 4.90 Å². The molecular formula is C11H22N2O2. The molecule has 0 unspecified atom stereocenters. The Labute approximate surface area is 91.4 Å². The second-order valence-electron chi connectivity index (χ2n) is 4.34. The minimum Gasteiger partial charge on any atom is -0.394 e. The fourth-order valence-corrected chi connectivity index (χ4v) is 2.13. The van der Waals surface area contributed by atoms with Crippen LogP contribution in [0.15, 0.2) is 0 Å². The smallest absolute Gasteiger partial charge is 0.242 e. The van der Waals surface area contributed by atoms with Gasteiger partial charge < -0.3 is 15.7 Å². The average Bonchev–Trinajstić information content (AvgIpc) is 2.74. The van der Waals surface area contributed by atoms with E-state index in [2.05, 4.69) is 0 Å². The molecule has 0 aromatic carbocycles. The van der Waals surface area contributed by atoms with Crippen molar-refractivity contribution in [1.29, 1.82) is 0 Å². The molecule has 0 aromatic heterocycles. The lowest BCUT2D eigenvalue weighted by molar-refractivity contribution is -0.138. The Morgan fingerprint density at radius 1 is 1.53 bits per heavy atom. The summed E-state index contributed by atoms with van der Waals surface area (Å²) in [7, 11) is 0. The third-order valence-corrected chi connectivity index (χ3v) is 3.54. The summed E-state index contributed by atoms with van der Waals surface area (Å²) in [4.78, 5) is 13.9. The summed E-state index contributed by atoms with van der Waals surface area (Å²) in [6, 6.07) is -0.0153. The van der Waals surface area contributed by atoms with Crippen molar-refractivity contribution in [3.63, 3.8) is 0 Å². The fraction of sp³-hybridized carbons (Fsp3) is 0.909. The fourth-order valence-electron chi connectivity index (χ4n) is 2.13. The van der Waals surface area contributed by atoms with Gasteiger partial charge in [0, 0.05) is 6.54 Å². The Balaban J connectivity index is 2.74. The third kappa shape index (κ3) is 2.32. The first kappa shape index (κ1) is 12.5. The SMILES string of the molecule is CCC(N)(CC)C(=O)N1CCC[C@H]1CO. The molecule has 0 aromatic rings. The number of hydrogen-bond donors (Lipinski definition) is 2. The van der Waals surface area contributed by atoms with E-state index < -0.39 is 5.54 Å². The maximum Gasteiger partial charge on any atom is 0.242 e. The molecule has 4 nitrogen and oxygen atoms in total. The third-order valence-electron chi connectivity index (χ3n) is 3.54. The van der Waals surface area contributed by atoms with Gasteiger partial charge in [0.2, 0.25) is 5.91 Å². The van der Waals surface area contributed by atoms with Crippen LogP contribution in [0, 0.1) is 0 Å². The van der Waals surface area contributed by atoms with Crippen LogP contribution >= 0.6 is 0 Å². The first-order valence-electron chi connectivity index (χ1n) is 5.79. The van der Waals surface area contributed by atoms with Gasteiger partial charge in [-0.25, -0.2) is 0 Å². The van der Waals surface area contributed by atoms with E-state index >= 15 is 0 Å². The second-order valence-corrected chi connectivity index (χ2v) is 4.34. The van der Waals surface area contributed by atoms with Crippen molar-refractivity contribution >= 4 is 5.91 Å². The van der Waals surface area contributed by atoms with Gasteiger partial charge in [0.1, 0.15) is 0 Å². The normalized spacial score (nSPS) is 22.1. The summed E-state index contributed by atoms with van der Waals surface area (Å²) in [5, 5.41) is 9.16. The molecule has 15 heavy (non-hydrogen) atoms. The number of aliphatic hydroxyl groups is 1. The number of amides is 1. The minimum atomic E-state index is -0.738. The van der Waals surface area contributed by atoms with Crippen molar-refractivity contribution < 1.29 is 9.90 Å². The number of rotatable bonds is 4. The number of carbonyl (C=O) groups is 1. The zero-order valence-corrected chi connectivity index (χ0v) is 9.70. The summed E-state index contributed by atoms with van der Waals surface area (Å²) in [5.41, 5.74) is 5.33. The summed E-state index contributed by atoms with van der Waals surface area (Å²) in [6.07, 6.45) is 3.17. The molecule has 1 saturated heterocycles. The van der Waals surface area contributed by atoms with Crippen LogP contribution in [0.25, 0.3) is 0 Å². The van der Waals surface area contributed by atoms with E-state index in [1.807, 2.05) is 13.8 Å². The van der Waals surface area contributed by atoms with E-state index in [1.165, 1.54) is 0 Å². The van der Waals surface area contributed by atoms with Crippen LogP contribution in [-0.2, 0) is 4.79 Å². The number of hydrogen-bond acceptors (Lipinski definition) is 3. The summed E-state index contributed by atoms with van der Waals surface area (Å²) >= 11 is 0. The quantitative estimate of drug-likeness (QED) is 0.715. The zero-order valence-electron chi connectivity index (χ0n) is 9.70. The van der Waals surface area contributed by atoms with Gasteiger partial charge >= 0.3 is 0 Å². The van der Waals surface area contributed by atoms with Crippen LogP contribution in [-0.4, -0.2) is 40.6 Å². The number of carbonyl (C=O) groups excluding carboxylic acids is 1. The van der Waals surface area contributed by atoms with E-state index in [1.54, 1.807) is 4.90 Å². The standard InChI is InChI=1S/C11H22N2O2/c1-3-11(12,4-2)10(15)13-7-5-6-9(13)8-14/h9,14H,3-8,12H2,1-2H3/t9-/m0/s1. The molecule has 1 amide bonds. The number of nitrogens with zero attached hydrogens (tertiary/aromatic N) is 1. The van der Waals surface area contributed by atoms with Crippen LogP contribution in [0.4, 0.5) is 0 Å². The van der Waals surface area contributed by atoms with Gasteiger partial charge in [-0.2, -0.15) is 0 Å². The van der Waals surface area contributed by atoms with E-state index in [-0.39, 0.29) is 18.6 Å². The summed E-state index contributed by atoms with van der Waals surface area (Å²) in [5.74, 6) is 0.00375. The van der Waals surface area contributed by atoms with Gasteiger partial charge in [-0.3, -0.25) is 4.79 Å². The van der Waals surface area contributed by atoms with E-state index in [0.29, 0.717) is 12.8 Å². The van der Waals surface area contributed by atoms with Crippen LogP contribution < -0.4 is 5.73 Å². The molecular weight excluding hydrogens is 192 g/mol. The highest BCUT2D eigenvalue weighted by Gasteiger charge is 2.38. The van der Waals surface area contributed by atoms with Crippen LogP contribution in [0.3, 0.4) is 0 Å². The molecule has 0 saturated carbocycles. The minimum absolute atomic E-state index is 0.00375. The Hall–Kier alpha value is -0.610. The van der Waals surface area contributed by atoms with Crippen LogP contribution in [0.1, 0.15) is 39.5 Å². The highest BCUT2D eigenvalue weighted by molar-refractivity contribution is 5.86. The van der Waals surface area contributed by atoms with Crippen molar-refractivity contribution in [3.8, 4) is 0 Å². The lowest BCUT2D eigenvalue weighted by Gasteiger charge is -2.33. The highest BCUT2D eigenvalue weighted by atomic mass is 16.3. The van der Waals surface area contributed by atoms with Gasteiger partial charge in [-0.1, -0.05) is 13.8 Å². The Kier molecular flexibility index (Phi) is 4.11. The topological polar surface area (TPSA) is 66.6 Å². The maximum atomic E-state index is 12.2. The molecule has 0 bridgehead atoms. The van der Waals surface area contributed by atoms with Gasteiger partial charge in [-0.05, 0) is 25.7 Å². The van der Waals surface area contributed by atoms with E-state index in [9.17, 15) is 4.79 Å². The first-order valence-corrected chi connectivity index (χ1v) is 5.79. The number of likely N-dealkylation sites (tertiary alicyclic amines) is 1. The molecule has 88 valence electrons. The van der Waals surface area contributed by atoms with Crippen LogP contribution in [0.5, 0.6) is 0 Å². The Bertz CT molecular complexity index is 227. The summed E-state index contributed by atoms with van der Waals surface area (Å²) in [6.45, 7) is 4.66. The molecule has 0 radical (unpaired) electrons. The molecule has 3 N–H and O–H groups in total. The summed E-state index contributed by atoms with van der Waals surface area (Å²) < 4.78 is 0. The predicted molar refractivity (Wildman–Crippen MR) is 59.3 cm³/mol. The van der Waals surface area contributed by atoms with Crippen molar-refractivity contribution in [2.45, 2.75) is 51.1 Å². The largest absolute Gasteiger partial charge is 0.394 e. The molecule has 1 aliphatic heterocycles. The van der Waals surface area contributed by atoms with Crippen molar-refractivity contribution in [2.75, 3.05) is 13.2 Å². The Morgan fingerprint density at radius 2 is 2.13 bits per heavy atom.